The van der Waals surface area contributed by atoms with Gasteiger partial charge in [0.05, 0.1) is 13.2 Å². The summed E-state index contributed by atoms with van der Waals surface area (Å²) < 4.78 is 5.30. The van der Waals surface area contributed by atoms with Crippen LogP contribution in [0.5, 0.6) is 0 Å². The summed E-state index contributed by atoms with van der Waals surface area (Å²) in [6.07, 6.45) is 0. The van der Waals surface area contributed by atoms with Crippen molar-refractivity contribution in [2.45, 2.75) is 0 Å². The summed E-state index contributed by atoms with van der Waals surface area (Å²) in [6.45, 7) is 4.97. The Morgan fingerprint density at radius 1 is 1.45 bits per heavy atom. The molecule has 0 aliphatic carbocycles. The number of carbonyl (C=O) groups is 1. The number of rotatable bonds is 4. The molecular formula is C14H20ClN3O2. The van der Waals surface area contributed by atoms with Gasteiger partial charge in [-0.2, -0.15) is 0 Å². The van der Waals surface area contributed by atoms with Crippen LogP contribution in [0.25, 0.3) is 0 Å². The number of anilines is 1. The van der Waals surface area contributed by atoms with Crippen LogP contribution < -0.4 is 5.32 Å². The number of likely N-dealkylation sites (N-methyl/N-ethyl adjacent to an activating group) is 1. The minimum absolute atomic E-state index is 0.125. The van der Waals surface area contributed by atoms with E-state index in [0.717, 1.165) is 32.8 Å². The lowest BCUT2D eigenvalue weighted by Gasteiger charge is -2.28. The van der Waals surface area contributed by atoms with Crippen LogP contribution in [0.15, 0.2) is 24.3 Å². The van der Waals surface area contributed by atoms with Crippen LogP contribution in [-0.4, -0.2) is 62.3 Å². The zero-order valence-electron chi connectivity index (χ0n) is 11.6. The molecule has 0 radical (unpaired) electrons. The molecule has 1 saturated heterocycles. The molecule has 1 heterocycles. The predicted octanol–water partition coefficient (Wildman–Crippen LogP) is 2.14. The molecule has 20 heavy (non-hydrogen) atoms. The first-order valence-electron chi connectivity index (χ1n) is 6.73. The van der Waals surface area contributed by atoms with Crippen LogP contribution in [0.1, 0.15) is 0 Å². The van der Waals surface area contributed by atoms with Crippen molar-refractivity contribution < 1.29 is 9.53 Å². The van der Waals surface area contributed by atoms with E-state index in [1.807, 2.05) is 12.1 Å². The minimum atomic E-state index is -0.125. The molecule has 0 aromatic heterocycles. The van der Waals surface area contributed by atoms with Crippen molar-refractivity contribution in [2.75, 3.05) is 51.8 Å². The molecule has 1 fully saturated rings. The highest BCUT2D eigenvalue weighted by Crippen LogP contribution is 2.15. The number of morpholine rings is 1. The first kappa shape index (κ1) is 15.1. The molecule has 6 heteroatoms. The third-order valence-corrected chi connectivity index (χ3v) is 3.51. The maximum absolute atomic E-state index is 12.0. The first-order chi connectivity index (χ1) is 9.65. The highest BCUT2D eigenvalue weighted by Gasteiger charge is 2.13. The minimum Gasteiger partial charge on any atom is -0.379 e. The molecule has 0 spiro atoms. The standard InChI is InChI=1S/C14H20ClN3O2/c1-17(5-6-18-7-9-20-10-8-18)14(19)16-13-4-2-3-12(15)11-13/h2-4,11H,5-10H2,1H3,(H,16,19). The molecule has 0 atom stereocenters. The van der Waals surface area contributed by atoms with Crippen LogP contribution in [0.4, 0.5) is 10.5 Å². The molecule has 1 N–H and O–H groups in total. The first-order valence-corrected chi connectivity index (χ1v) is 7.11. The van der Waals surface area contributed by atoms with Crippen molar-refractivity contribution >= 4 is 23.3 Å². The van der Waals surface area contributed by atoms with Gasteiger partial charge in [0.25, 0.3) is 0 Å². The average molecular weight is 298 g/mol. The second-order valence-electron chi connectivity index (χ2n) is 4.82. The molecule has 1 aliphatic heterocycles. The van der Waals surface area contributed by atoms with Crippen LogP contribution >= 0.6 is 11.6 Å². The van der Waals surface area contributed by atoms with Gasteiger partial charge in [0.15, 0.2) is 0 Å². The Kier molecular flexibility index (Phi) is 5.64. The maximum atomic E-state index is 12.0. The van der Waals surface area contributed by atoms with Crippen molar-refractivity contribution in [1.29, 1.82) is 0 Å². The molecule has 1 aromatic carbocycles. The molecule has 0 saturated carbocycles. The number of benzene rings is 1. The molecular weight excluding hydrogens is 278 g/mol. The fourth-order valence-electron chi connectivity index (χ4n) is 2.00. The highest BCUT2D eigenvalue weighted by molar-refractivity contribution is 6.30. The number of amides is 2. The number of halogens is 1. The number of hydrogen-bond donors (Lipinski definition) is 1. The SMILES string of the molecule is CN(CCN1CCOCC1)C(=O)Nc1cccc(Cl)c1. The van der Waals surface area contributed by atoms with Gasteiger partial charge in [0.1, 0.15) is 0 Å². The van der Waals surface area contributed by atoms with Gasteiger partial charge >= 0.3 is 6.03 Å². The molecule has 1 aliphatic rings. The van der Waals surface area contributed by atoms with E-state index in [4.69, 9.17) is 16.3 Å². The van der Waals surface area contributed by atoms with Crippen molar-refractivity contribution in [1.82, 2.24) is 9.80 Å². The number of hydrogen-bond acceptors (Lipinski definition) is 3. The maximum Gasteiger partial charge on any atom is 0.321 e. The van der Waals surface area contributed by atoms with E-state index in [1.165, 1.54) is 0 Å². The van der Waals surface area contributed by atoms with Gasteiger partial charge in [-0.05, 0) is 18.2 Å². The van der Waals surface area contributed by atoms with Crippen molar-refractivity contribution in [2.24, 2.45) is 0 Å². The summed E-state index contributed by atoms with van der Waals surface area (Å²) in [5.41, 5.74) is 0.709. The molecule has 2 rings (SSSR count). The van der Waals surface area contributed by atoms with Gasteiger partial charge in [-0.25, -0.2) is 4.79 Å². The van der Waals surface area contributed by atoms with Crippen LogP contribution in [0.2, 0.25) is 5.02 Å². The zero-order valence-corrected chi connectivity index (χ0v) is 12.4. The van der Waals surface area contributed by atoms with Gasteiger partial charge in [0.2, 0.25) is 0 Å². The van der Waals surface area contributed by atoms with Crippen molar-refractivity contribution in [3.05, 3.63) is 29.3 Å². The predicted molar refractivity (Wildman–Crippen MR) is 80.4 cm³/mol. The molecule has 1 aromatic rings. The second-order valence-corrected chi connectivity index (χ2v) is 5.25. The zero-order chi connectivity index (χ0) is 14.4. The Hall–Kier alpha value is -1.30. The average Bonchev–Trinajstić information content (AvgIpc) is 2.46. The third kappa shape index (κ3) is 4.67. The molecule has 0 bridgehead atoms. The largest absolute Gasteiger partial charge is 0.379 e. The summed E-state index contributed by atoms with van der Waals surface area (Å²) in [5, 5.41) is 3.44. The fraction of sp³-hybridized carbons (Fsp3) is 0.500. The number of carbonyl (C=O) groups excluding carboxylic acids is 1. The number of ether oxygens (including phenoxy) is 1. The van der Waals surface area contributed by atoms with Gasteiger partial charge in [-0.1, -0.05) is 17.7 Å². The molecule has 0 unspecified atom stereocenters. The van der Waals surface area contributed by atoms with E-state index in [0.29, 0.717) is 17.3 Å². The normalized spacial score (nSPS) is 15.9. The van der Waals surface area contributed by atoms with E-state index in [2.05, 4.69) is 10.2 Å². The van der Waals surface area contributed by atoms with E-state index in [1.54, 1.807) is 24.1 Å². The van der Waals surface area contributed by atoms with Gasteiger partial charge in [0, 0.05) is 43.9 Å². The van der Waals surface area contributed by atoms with Gasteiger partial charge in [-0.15, -0.1) is 0 Å². The Morgan fingerprint density at radius 2 is 2.20 bits per heavy atom. The number of nitrogens with one attached hydrogen (secondary N) is 1. The van der Waals surface area contributed by atoms with E-state index >= 15 is 0 Å². The monoisotopic (exact) mass is 297 g/mol. The van der Waals surface area contributed by atoms with Crippen LogP contribution in [-0.2, 0) is 4.74 Å². The lowest BCUT2D eigenvalue weighted by atomic mass is 10.3. The topological polar surface area (TPSA) is 44.8 Å². The van der Waals surface area contributed by atoms with Gasteiger partial charge in [-0.3, -0.25) is 4.90 Å². The van der Waals surface area contributed by atoms with E-state index in [-0.39, 0.29) is 6.03 Å². The summed E-state index contributed by atoms with van der Waals surface area (Å²) in [7, 11) is 1.79. The number of nitrogens with zero attached hydrogens (tertiary/aromatic N) is 2. The summed E-state index contributed by atoms with van der Waals surface area (Å²) >= 11 is 5.89. The molecule has 5 nitrogen and oxygen atoms in total. The molecule has 2 amide bonds. The van der Waals surface area contributed by atoms with E-state index < -0.39 is 0 Å². The Bertz CT molecular complexity index is 450. The Balaban J connectivity index is 1.76. The second kappa shape index (κ2) is 7.47. The third-order valence-electron chi connectivity index (χ3n) is 3.28. The van der Waals surface area contributed by atoms with Crippen LogP contribution in [0.3, 0.4) is 0 Å². The van der Waals surface area contributed by atoms with Crippen molar-refractivity contribution in [3.8, 4) is 0 Å². The smallest absolute Gasteiger partial charge is 0.321 e. The Morgan fingerprint density at radius 3 is 2.90 bits per heavy atom. The van der Waals surface area contributed by atoms with Crippen molar-refractivity contribution in [3.63, 3.8) is 0 Å². The van der Waals surface area contributed by atoms with E-state index in [9.17, 15) is 4.79 Å². The quantitative estimate of drug-likeness (QED) is 0.926. The highest BCUT2D eigenvalue weighted by atomic mass is 35.5. The Labute approximate surface area is 124 Å². The fourth-order valence-corrected chi connectivity index (χ4v) is 2.19. The van der Waals surface area contributed by atoms with Crippen LogP contribution in [0, 0.1) is 0 Å². The summed E-state index contributed by atoms with van der Waals surface area (Å²) in [6, 6.07) is 7.01. The molecule has 110 valence electrons. The summed E-state index contributed by atoms with van der Waals surface area (Å²) in [4.78, 5) is 16.0. The number of urea groups is 1. The lowest BCUT2D eigenvalue weighted by molar-refractivity contribution is 0.0359. The summed E-state index contributed by atoms with van der Waals surface area (Å²) in [5.74, 6) is 0. The lowest BCUT2D eigenvalue weighted by Crippen LogP contribution is -2.42. The van der Waals surface area contributed by atoms with Gasteiger partial charge < -0.3 is 15.0 Å².